The third kappa shape index (κ3) is 29.9. The van der Waals surface area contributed by atoms with Gasteiger partial charge < -0.3 is 81.6 Å². The van der Waals surface area contributed by atoms with Crippen LogP contribution in [0.4, 0.5) is 0 Å². The van der Waals surface area contributed by atoms with Crippen LogP contribution in [0.1, 0.15) is 174 Å². The molecule has 7 atom stereocenters. The minimum Gasteiger partial charge on any atom is -0.507 e. The predicted molar refractivity (Wildman–Crippen MR) is 462 cm³/mol. The van der Waals surface area contributed by atoms with Crippen LogP contribution in [-0.4, -0.2) is 105 Å². The molecule has 2 aliphatic carbocycles. The van der Waals surface area contributed by atoms with Crippen molar-refractivity contribution in [3.63, 3.8) is 0 Å². The maximum absolute atomic E-state index is 9.72. The van der Waals surface area contributed by atoms with Crippen LogP contribution in [0.15, 0.2) is 60.7 Å². The standard InChI is InChI=1S/2C16H20I2O4.2C14H18I2O3.C11H12I2O3/c17-11-10-14(22-16-6-2-4-8-20-16)12(18)9-13(11)21-15-5-1-3-7-19-15;17-12-9-11(21-14-5-1-3-7-19-14)10-13(18)16(12)22-15-6-2-4-8-20-15;1-9(18-10-5-3-2-4-6-10)19-14-8-11(15)13(17)7-12(14)16;1-9(18-10-5-3-2-4-6-10)19-11-7-12(15)14(17)13(16)8-11;12-7-6-10(8(13)5-9(7)14)16-11-3-1-2-4-15-11/h9-10,15-16H,1-8H2;9-10,14-15H,1-8H2;2*7-10,17H,2-6H2,1H3;5-6,11,14H,1-4H2. The number of ether oxygens (including phenoxy) is 14. The molecule has 98 heavy (non-hydrogen) atoms. The summed E-state index contributed by atoms with van der Waals surface area (Å²) >= 11 is 21.9. The molecule has 7 unspecified atom stereocenters. The average Bonchev–Trinajstić information content (AvgIpc) is 0.874. The molecule has 27 heteroatoms. The third-order valence-electron chi connectivity index (χ3n) is 16.4. The Morgan fingerprint density at radius 1 is 0.306 bits per heavy atom. The van der Waals surface area contributed by atoms with Gasteiger partial charge in [0.15, 0.2) is 44.0 Å². The van der Waals surface area contributed by atoms with Crippen molar-refractivity contribution in [3.8, 4) is 57.5 Å². The highest BCUT2D eigenvalue weighted by Gasteiger charge is 2.26. The second-order valence-corrected chi connectivity index (χ2v) is 36.0. The second kappa shape index (κ2) is 45.8. The van der Waals surface area contributed by atoms with Crippen molar-refractivity contribution in [2.75, 3.05) is 33.0 Å². The second-order valence-electron chi connectivity index (χ2n) is 24.4. The lowest BCUT2D eigenvalue weighted by Gasteiger charge is -2.26. The molecule has 7 fully saturated rings. The van der Waals surface area contributed by atoms with Gasteiger partial charge in [-0.05, 0) is 390 Å². The van der Waals surface area contributed by atoms with Crippen LogP contribution >= 0.6 is 226 Å². The minimum atomic E-state index is -0.253. The molecule has 5 aliphatic heterocycles. The SMILES string of the molecule is CC(Oc1cc(I)c(O)c(I)c1)OC1CCCCC1.CC(Oc1cc(I)c(O)cc1I)OC1CCCCC1.Ic1cc(OC2CCCCO2)c(I)cc1OC1CCCCO1.Ic1cc(OC2CCCCO2)cc(I)c1OC1CCCCO1.Oc1cc(I)c(OC2CCCCO2)cc1I. The Labute approximate surface area is 714 Å². The number of hydrogen-bond acceptors (Lipinski definition) is 17. The van der Waals surface area contributed by atoms with Gasteiger partial charge in [0.05, 0.1) is 80.9 Å². The van der Waals surface area contributed by atoms with E-state index in [2.05, 4.69) is 226 Å². The fraction of sp³-hybridized carbons (Fsp3) is 0.577. The predicted octanol–water partition coefficient (Wildman–Crippen LogP) is 22.3. The summed E-state index contributed by atoms with van der Waals surface area (Å²) in [4.78, 5) is 0. The van der Waals surface area contributed by atoms with Crippen LogP contribution in [0.5, 0.6) is 57.5 Å². The van der Waals surface area contributed by atoms with Gasteiger partial charge in [0.25, 0.3) is 0 Å². The fourth-order valence-corrected chi connectivity index (χ4v) is 18.2. The average molecular weight is 2480 g/mol. The molecule has 0 bridgehead atoms. The van der Waals surface area contributed by atoms with Gasteiger partial charge in [0.1, 0.15) is 57.5 Å². The Morgan fingerprint density at radius 3 is 0.990 bits per heavy atom. The molecule has 5 heterocycles. The van der Waals surface area contributed by atoms with Crippen molar-refractivity contribution < 1.29 is 81.6 Å². The Morgan fingerprint density at radius 2 is 0.612 bits per heavy atom. The summed E-state index contributed by atoms with van der Waals surface area (Å²) < 4.78 is 90.5. The molecule has 0 aromatic heterocycles. The van der Waals surface area contributed by atoms with Crippen molar-refractivity contribution in [2.45, 2.75) is 231 Å². The summed E-state index contributed by atoms with van der Waals surface area (Å²) in [6, 6.07) is 18.9. The highest BCUT2D eigenvalue weighted by molar-refractivity contribution is 14.1. The quantitative estimate of drug-likeness (QED) is 0.0554. The Balaban J connectivity index is 0.000000157. The molecule has 5 aromatic carbocycles. The van der Waals surface area contributed by atoms with E-state index >= 15 is 0 Å². The third-order valence-corrected chi connectivity index (χ3v) is 24.7. The highest BCUT2D eigenvalue weighted by atomic mass is 127. The van der Waals surface area contributed by atoms with Crippen LogP contribution < -0.4 is 33.2 Å². The van der Waals surface area contributed by atoms with E-state index in [4.69, 9.17) is 66.3 Å². The van der Waals surface area contributed by atoms with Crippen molar-refractivity contribution in [1.29, 1.82) is 0 Å². The van der Waals surface area contributed by atoms with E-state index in [1.807, 2.05) is 62.4 Å². The van der Waals surface area contributed by atoms with Crippen LogP contribution in [0.3, 0.4) is 0 Å². The molecule has 12 rings (SSSR count). The molecule has 544 valence electrons. The molecule has 2 saturated carbocycles. The van der Waals surface area contributed by atoms with E-state index in [0.717, 1.165) is 212 Å². The first-order valence-corrected chi connectivity index (χ1v) is 44.6. The van der Waals surface area contributed by atoms with Crippen molar-refractivity contribution in [2.24, 2.45) is 0 Å². The number of phenols is 3. The molecule has 5 aromatic rings. The number of halogens is 10. The number of benzene rings is 5. The number of rotatable bonds is 18. The molecule has 7 aliphatic rings. The number of aromatic hydroxyl groups is 3. The van der Waals surface area contributed by atoms with Gasteiger partial charge in [-0.15, -0.1) is 0 Å². The topological polar surface area (TPSA) is 190 Å². The zero-order chi connectivity index (χ0) is 69.9. The smallest absolute Gasteiger partial charge is 0.199 e. The monoisotopic (exact) mass is 2480 g/mol. The van der Waals surface area contributed by atoms with Gasteiger partial charge in [-0.25, -0.2) is 0 Å². The molecular formula is C71H88I10O17. The molecule has 0 radical (unpaired) electrons. The van der Waals surface area contributed by atoms with Gasteiger partial charge in [0.2, 0.25) is 0 Å². The molecule has 17 nitrogen and oxygen atoms in total. The van der Waals surface area contributed by atoms with Crippen molar-refractivity contribution >= 4 is 226 Å². The number of phenolic OH excluding ortho intramolecular Hbond substituents is 3. The van der Waals surface area contributed by atoms with Crippen LogP contribution in [0.25, 0.3) is 0 Å². The summed E-state index contributed by atoms with van der Waals surface area (Å²) in [5.41, 5.74) is 0. The summed E-state index contributed by atoms with van der Waals surface area (Å²) in [5, 5.41) is 28.9. The largest absolute Gasteiger partial charge is 0.507 e. The zero-order valence-electron chi connectivity index (χ0n) is 55.0. The first kappa shape index (κ1) is 84.7. The van der Waals surface area contributed by atoms with Gasteiger partial charge in [-0.1, -0.05) is 38.5 Å². The summed E-state index contributed by atoms with van der Waals surface area (Å²) in [5.74, 6) is 6.68. The lowest BCUT2D eigenvalue weighted by atomic mass is 9.98. The van der Waals surface area contributed by atoms with E-state index < -0.39 is 0 Å². The van der Waals surface area contributed by atoms with Crippen LogP contribution in [0.2, 0.25) is 0 Å². The first-order valence-electron chi connectivity index (χ1n) is 33.8. The number of hydrogen-bond donors (Lipinski definition) is 3. The van der Waals surface area contributed by atoms with Gasteiger partial charge in [-0.2, -0.15) is 0 Å². The van der Waals surface area contributed by atoms with E-state index in [0.29, 0.717) is 29.5 Å². The highest BCUT2D eigenvalue weighted by Crippen LogP contribution is 2.39. The minimum absolute atomic E-state index is 0.117. The molecular weight excluding hydrogens is 2390 g/mol. The lowest BCUT2D eigenvalue weighted by molar-refractivity contribution is -0.117. The molecule has 5 saturated heterocycles. The van der Waals surface area contributed by atoms with Gasteiger partial charge >= 0.3 is 0 Å². The van der Waals surface area contributed by atoms with Gasteiger partial charge in [-0.3, -0.25) is 0 Å². The summed E-state index contributed by atoms with van der Waals surface area (Å²) in [6.45, 7) is 7.80. The van der Waals surface area contributed by atoms with E-state index in [1.165, 1.54) is 57.8 Å². The first-order chi connectivity index (χ1) is 47.2. The van der Waals surface area contributed by atoms with E-state index in [1.54, 1.807) is 12.1 Å². The fourth-order valence-electron chi connectivity index (χ4n) is 11.3. The molecule has 0 amide bonds. The lowest BCUT2D eigenvalue weighted by Crippen LogP contribution is -2.26. The Kier molecular flexibility index (Phi) is 39.6. The van der Waals surface area contributed by atoms with Crippen LogP contribution in [0, 0.1) is 35.7 Å². The Bertz CT molecular complexity index is 3110. The van der Waals surface area contributed by atoms with Crippen molar-refractivity contribution in [1.82, 2.24) is 0 Å². The van der Waals surface area contributed by atoms with E-state index in [9.17, 15) is 15.3 Å². The summed E-state index contributed by atoms with van der Waals surface area (Å²) in [6.07, 6.45) is 28.0. The van der Waals surface area contributed by atoms with Crippen molar-refractivity contribution in [3.05, 3.63) is 96.4 Å². The van der Waals surface area contributed by atoms with E-state index in [-0.39, 0.29) is 44.0 Å². The normalized spacial score (nSPS) is 22.0. The zero-order valence-corrected chi connectivity index (χ0v) is 76.6. The summed E-state index contributed by atoms with van der Waals surface area (Å²) in [7, 11) is 0. The molecule has 0 spiro atoms. The maximum atomic E-state index is 9.72. The van der Waals surface area contributed by atoms with Gasteiger partial charge in [0, 0.05) is 32.1 Å². The molecule has 3 N–H and O–H groups in total. The maximum Gasteiger partial charge on any atom is 0.199 e. The Hall–Kier alpha value is 1.12. The van der Waals surface area contributed by atoms with Crippen LogP contribution in [-0.2, 0) is 33.2 Å².